The van der Waals surface area contributed by atoms with Gasteiger partial charge in [0.25, 0.3) is 0 Å². The van der Waals surface area contributed by atoms with E-state index in [1.54, 1.807) is 0 Å². The van der Waals surface area contributed by atoms with Gasteiger partial charge in [-0.1, -0.05) is 6.07 Å². The van der Waals surface area contributed by atoms with E-state index >= 15 is 0 Å². The normalized spacial score (nSPS) is 15.4. The molecule has 1 heterocycles. The molecule has 0 radical (unpaired) electrons. The number of nitrogen functional groups attached to an aromatic ring is 1. The van der Waals surface area contributed by atoms with Crippen LogP contribution in [0.5, 0.6) is 0 Å². The number of benzene rings is 1. The van der Waals surface area contributed by atoms with Gasteiger partial charge in [0.1, 0.15) is 0 Å². The molecule has 0 spiro atoms. The highest BCUT2D eigenvalue weighted by Crippen LogP contribution is 2.20. The third kappa shape index (κ3) is 2.97. The molecule has 5 nitrogen and oxygen atoms in total. The standard InChI is InChI=1S/C11H14BrN5/c1-7(16-17-11-14-4-5-15-11)8-2-3-10(13)9(12)6-8/h2-3,6H,4-5,13H2,1H3,(H2,14,15,17)/p+1/b16-7-. The van der Waals surface area contributed by atoms with Crippen LogP contribution in [0.15, 0.2) is 27.8 Å². The summed E-state index contributed by atoms with van der Waals surface area (Å²) in [5.74, 6) is 0.846. The van der Waals surface area contributed by atoms with Crippen molar-refractivity contribution in [2.45, 2.75) is 6.92 Å². The van der Waals surface area contributed by atoms with Gasteiger partial charge < -0.3 is 5.73 Å². The lowest BCUT2D eigenvalue weighted by Crippen LogP contribution is -2.73. The van der Waals surface area contributed by atoms with Gasteiger partial charge in [0.2, 0.25) is 0 Å². The van der Waals surface area contributed by atoms with E-state index in [1.807, 2.05) is 25.1 Å². The monoisotopic (exact) mass is 296 g/mol. The van der Waals surface area contributed by atoms with Crippen molar-refractivity contribution in [3.63, 3.8) is 0 Å². The van der Waals surface area contributed by atoms with Crippen molar-refractivity contribution in [2.75, 3.05) is 18.8 Å². The Bertz CT molecular complexity index is 481. The first-order valence-electron chi connectivity index (χ1n) is 5.37. The zero-order valence-corrected chi connectivity index (χ0v) is 11.1. The summed E-state index contributed by atoms with van der Waals surface area (Å²) in [5, 5.41) is 7.43. The topological polar surface area (TPSA) is 76.4 Å². The highest BCUT2D eigenvalue weighted by molar-refractivity contribution is 9.10. The Hall–Kier alpha value is -1.56. The van der Waals surface area contributed by atoms with E-state index in [0.29, 0.717) is 0 Å². The van der Waals surface area contributed by atoms with Crippen LogP contribution in [-0.4, -0.2) is 24.8 Å². The van der Waals surface area contributed by atoms with Crippen LogP contribution >= 0.6 is 15.9 Å². The Balaban J connectivity index is 2.09. The van der Waals surface area contributed by atoms with Gasteiger partial charge in [-0.25, -0.2) is 0 Å². The minimum Gasteiger partial charge on any atom is -0.398 e. The molecule has 0 aromatic heterocycles. The average Bonchev–Trinajstić information content (AvgIpc) is 2.82. The van der Waals surface area contributed by atoms with Gasteiger partial charge in [0, 0.05) is 15.7 Å². The molecule has 1 aromatic rings. The summed E-state index contributed by atoms with van der Waals surface area (Å²) in [5.41, 5.74) is 11.3. The highest BCUT2D eigenvalue weighted by atomic mass is 79.9. The number of rotatable bonds is 2. The van der Waals surface area contributed by atoms with Gasteiger partial charge in [-0.15, -0.1) is 5.10 Å². The Labute approximate surface area is 108 Å². The van der Waals surface area contributed by atoms with Crippen molar-refractivity contribution in [3.05, 3.63) is 28.2 Å². The van der Waals surface area contributed by atoms with Crippen molar-refractivity contribution < 1.29 is 4.99 Å². The first-order valence-corrected chi connectivity index (χ1v) is 6.16. The molecule has 1 aromatic carbocycles. The molecule has 5 N–H and O–H groups in total. The molecule has 6 heteroatoms. The minimum atomic E-state index is 0.725. The lowest BCUT2D eigenvalue weighted by molar-refractivity contribution is -0.446. The summed E-state index contributed by atoms with van der Waals surface area (Å²) in [4.78, 5) is 3.14. The Morgan fingerprint density at radius 3 is 3.06 bits per heavy atom. The Morgan fingerprint density at radius 1 is 1.59 bits per heavy atom. The third-order valence-corrected chi connectivity index (χ3v) is 3.17. The lowest BCUT2D eigenvalue weighted by Gasteiger charge is -2.03. The van der Waals surface area contributed by atoms with Crippen molar-refractivity contribution in [1.29, 1.82) is 0 Å². The van der Waals surface area contributed by atoms with Crippen LogP contribution in [0, 0.1) is 0 Å². The van der Waals surface area contributed by atoms with E-state index in [9.17, 15) is 0 Å². The number of hydrogen-bond acceptors (Lipinski definition) is 4. The van der Waals surface area contributed by atoms with Crippen molar-refractivity contribution >= 4 is 33.3 Å². The van der Waals surface area contributed by atoms with Crippen LogP contribution in [0.4, 0.5) is 5.69 Å². The van der Waals surface area contributed by atoms with Crippen molar-refractivity contribution in [2.24, 2.45) is 5.10 Å². The van der Waals surface area contributed by atoms with E-state index in [0.717, 1.165) is 40.5 Å². The molecule has 1 aliphatic heterocycles. The molecule has 0 aliphatic carbocycles. The van der Waals surface area contributed by atoms with Crippen LogP contribution in [0.1, 0.15) is 12.5 Å². The van der Waals surface area contributed by atoms with Crippen molar-refractivity contribution in [1.82, 2.24) is 10.7 Å². The number of nitrogens with two attached hydrogens (primary N) is 1. The molecule has 1 aliphatic rings. The summed E-state index contributed by atoms with van der Waals surface area (Å²) in [6, 6.07) is 5.76. The van der Waals surface area contributed by atoms with Crippen LogP contribution < -0.4 is 21.5 Å². The van der Waals surface area contributed by atoms with Gasteiger partial charge in [0.15, 0.2) is 0 Å². The number of guanidine groups is 1. The van der Waals surface area contributed by atoms with Gasteiger partial charge in [-0.05, 0) is 35.0 Å². The third-order valence-electron chi connectivity index (χ3n) is 2.48. The van der Waals surface area contributed by atoms with E-state index in [1.165, 1.54) is 0 Å². The fourth-order valence-electron chi connectivity index (χ4n) is 1.47. The molecule has 90 valence electrons. The largest absolute Gasteiger partial charge is 0.398 e. The first kappa shape index (κ1) is 11.9. The minimum absolute atomic E-state index is 0.725. The smallest absolute Gasteiger partial charge is 0.367 e. The van der Waals surface area contributed by atoms with E-state index in [4.69, 9.17) is 5.73 Å². The van der Waals surface area contributed by atoms with E-state index < -0.39 is 0 Å². The fourth-order valence-corrected chi connectivity index (χ4v) is 1.85. The first-order chi connectivity index (χ1) is 8.16. The summed E-state index contributed by atoms with van der Waals surface area (Å²) in [6.45, 7) is 3.79. The predicted molar refractivity (Wildman–Crippen MR) is 72.7 cm³/mol. The Morgan fingerprint density at radius 2 is 2.41 bits per heavy atom. The molecular formula is C11H15BrN5+. The quantitative estimate of drug-likeness (QED) is 0.334. The zero-order chi connectivity index (χ0) is 12.3. The number of hydrazone groups is 1. The summed E-state index contributed by atoms with van der Waals surface area (Å²) in [7, 11) is 0. The van der Waals surface area contributed by atoms with Gasteiger partial charge in [0.05, 0.1) is 18.8 Å². The molecule has 0 saturated carbocycles. The van der Waals surface area contributed by atoms with Crippen molar-refractivity contribution in [3.8, 4) is 0 Å². The van der Waals surface area contributed by atoms with Crippen LogP contribution in [0.25, 0.3) is 0 Å². The maximum atomic E-state index is 5.74. The second-order valence-corrected chi connectivity index (χ2v) is 4.63. The summed E-state index contributed by atoms with van der Waals surface area (Å²) >= 11 is 3.40. The van der Waals surface area contributed by atoms with E-state index in [-0.39, 0.29) is 0 Å². The summed E-state index contributed by atoms with van der Waals surface area (Å²) in [6.07, 6.45) is 0. The van der Waals surface area contributed by atoms with Crippen LogP contribution in [0.2, 0.25) is 0 Å². The molecule has 2 rings (SSSR count). The number of hydrogen-bond donors (Lipinski definition) is 4. The second-order valence-electron chi connectivity index (χ2n) is 3.77. The van der Waals surface area contributed by atoms with Gasteiger partial charge >= 0.3 is 5.96 Å². The van der Waals surface area contributed by atoms with Gasteiger partial charge in [-0.2, -0.15) is 5.43 Å². The molecular weight excluding hydrogens is 282 g/mol. The number of halogens is 1. The fraction of sp³-hybridized carbons (Fsp3) is 0.273. The molecule has 0 atom stereocenters. The Kier molecular flexibility index (Phi) is 3.63. The van der Waals surface area contributed by atoms with Crippen LogP contribution in [0.3, 0.4) is 0 Å². The molecule has 0 saturated heterocycles. The second kappa shape index (κ2) is 5.18. The van der Waals surface area contributed by atoms with Crippen LogP contribution in [-0.2, 0) is 0 Å². The van der Waals surface area contributed by atoms with Gasteiger partial charge in [-0.3, -0.25) is 10.3 Å². The maximum absolute atomic E-state index is 5.74. The molecule has 17 heavy (non-hydrogen) atoms. The number of nitrogens with zero attached hydrogens (tertiary/aromatic N) is 1. The highest BCUT2D eigenvalue weighted by Gasteiger charge is 2.10. The molecule has 0 unspecified atom stereocenters. The SMILES string of the molecule is C/C(=N/NC1=[NH+]CCN1)c1ccc(N)c(Br)c1. The predicted octanol–water partition coefficient (Wildman–Crippen LogP) is -0.615. The average molecular weight is 297 g/mol. The maximum Gasteiger partial charge on any atom is 0.367 e. The zero-order valence-electron chi connectivity index (χ0n) is 9.55. The van der Waals surface area contributed by atoms with E-state index in [2.05, 4.69) is 36.8 Å². The molecule has 0 bridgehead atoms. The lowest BCUT2D eigenvalue weighted by atomic mass is 10.1. The molecule has 0 amide bonds. The number of nitrogens with one attached hydrogen (secondary N) is 3. The molecule has 0 fully saturated rings. The summed E-state index contributed by atoms with van der Waals surface area (Å²) < 4.78 is 0.884. The number of anilines is 1.